The van der Waals surface area contributed by atoms with Crippen molar-refractivity contribution in [3.05, 3.63) is 29.3 Å². The molecule has 1 aliphatic rings. The fourth-order valence-corrected chi connectivity index (χ4v) is 3.37. The molecule has 0 saturated carbocycles. The summed E-state index contributed by atoms with van der Waals surface area (Å²) in [6, 6.07) is 6.89. The van der Waals surface area contributed by atoms with E-state index in [-0.39, 0.29) is 0 Å². The van der Waals surface area contributed by atoms with E-state index in [1.54, 1.807) is 0 Å². The second kappa shape index (κ2) is 5.96. The molecular weight excluding hydrogens is 232 g/mol. The van der Waals surface area contributed by atoms with Crippen molar-refractivity contribution < 1.29 is 0 Å². The van der Waals surface area contributed by atoms with Crippen LogP contribution in [-0.2, 0) is 6.42 Å². The van der Waals surface area contributed by atoms with Gasteiger partial charge in [-0.05, 0) is 60.4 Å². The van der Waals surface area contributed by atoms with Crippen molar-refractivity contribution in [2.24, 2.45) is 17.8 Å². The van der Waals surface area contributed by atoms with E-state index in [9.17, 15) is 0 Å². The van der Waals surface area contributed by atoms with Gasteiger partial charge in [0.25, 0.3) is 0 Å². The highest BCUT2D eigenvalue weighted by molar-refractivity contribution is 5.47. The average molecular weight is 260 g/mol. The standard InChI is InChI=1S/C17H28N2/c1-11(2)16(12(3)4)10-19-17-8-5-13-9-14(18)6-7-15(13)17/h6-7,9,11-12,16-17,19H,5,8,10,18H2,1-4H3. The van der Waals surface area contributed by atoms with Gasteiger partial charge < -0.3 is 11.1 Å². The summed E-state index contributed by atoms with van der Waals surface area (Å²) in [5, 5.41) is 3.78. The summed E-state index contributed by atoms with van der Waals surface area (Å²) in [6.45, 7) is 10.4. The largest absolute Gasteiger partial charge is 0.399 e. The quantitative estimate of drug-likeness (QED) is 0.791. The lowest BCUT2D eigenvalue weighted by molar-refractivity contribution is 0.265. The van der Waals surface area contributed by atoms with Crippen molar-refractivity contribution in [3.63, 3.8) is 0 Å². The molecule has 19 heavy (non-hydrogen) atoms. The molecule has 3 N–H and O–H groups in total. The molecule has 0 bridgehead atoms. The number of hydrogen-bond donors (Lipinski definition) is 2. The van der Waals surface area contributed by atoms with Gasteiger partial charge in [0.15, 0.2) is 0 Å². The van der Waals surface area contributed by atoms with E-state index in [0.717, 1.165) is 36.4 Å². The van der Waals surface area contributed by atoms with Gasteiger partial charge in [0.2, 0.25) is 0 Å². The van der Waals surface area contributed by atoms with Crippen LogP contribution in [0.3, 0.4) is 0 Å². The number of nitrogen functional groups attached to an aromatic ring is 1. The molecule has 0 heterocycles. The molecule has 1 unspecified atom stereocenters. The lowest BCUT2D eigenvalue weighted by Crippen LogP contribution is -2.31. The SMILES string of the molecule is CC(C)C(CNC1CCc2cc(N)ccc21)C(C)C. The van der Waals surface area contributed by atoms with Crippen LogP contribution in [0, 0.1) is 17.8 Å². The number of nitrogens with two attached hydrogens (primary N) is 1. The predicted molar refractivity (Wildman–Crippen MR) is 83.1 cm³/mol. The second-order valence-electron chi connectivity index (χ2n) is 6.61. The van der Waals surface area contributed by atoms with E-state index in [0.29, 0.717) is 6.04 Å². The van der Waals surface area contributed by atoms with Gasteiger partial charge in [0, 0.05) is 11.7 Å². The van der Waals surface area contributed by atoms with E-state index in [1.807, 2.05) is 6.07 Å². The normalized spacial score (nSPS) is 18.6. The first-order chi connectivity index (χ1) is 8.99. The van der Waals surface area contributed by atoms with Crippen molar-refractivity contribution in [2.75, 3.05) is 12.3 Å². The Morgan fingerprint density at radius 3 is 2.53 bits per heavy atom. The molecule has 0 fully saturated rings. The van der Waals surface area contributed by atoms with Gasteiger partial charge in [-0.15, -0.1) is 0 Å². The molecular formula is C17H28N2. The molecule has 0 spiro atoms. The van der Waals surface area contributed by atoms with Crippen LogP contribution in [0.4, 0.5) is 5.69 Å². The third kappa shape index (κ3) is 3.30. The Morgan fingerprint density at radius 1 is 1.21 bits per heavy atom. The Balaban J connectivity index is 1.99. The van der Waals surface area contributed by atoms with Gasteiger partial charge in [0.05, 0.1) is 0 Å². The molecule has 0 radical (unpaired) electrons. The van der Waals surface area contributed by atoms with Crippen molar-refractivity contribution in [3.8, 4) is 0 Å². The first kappa shape index (κ1) is 14.4. The minimum absolute atomic E-state index is 0.524. The number of fused-ring (bicyclic) bond motifs is 1. The zero-order chi connectivity index (χ0) is 14.0. The van der Waals surface area contributed by atoms with Gasteiger partial charge in [0.1, 0.15) is 0 Å². The summed E-state index contributed by atoms with van der Waals surface area (Å²) in [6.07, 6.45) is 2.37. The number of aryl methyl sites for hydroxylation is 1. The van der Waals surface area contributed by atoms with E-state index < -0.39 is 0 Å². The predicted octanol–water partition coefficient (Wildman–Crippen LogP) is 3.77. The fraction of sp³-hybridized carbons (Fsp3) is 0.647. The summed E-state index contributed by atoms with van der Waals surface area (Å²) in [7, 11) is 0. The van der Waals surface area contributed by atoms with Crippen molar-refractivity contribution in [2.45, 2.75) is 46.6 Å². The zero-order valence-electron chi connectivity index (χ0n) is 12.7. The summed E-state index contributed by atoms with van der Waals surface area (Å²) < 4.78 is 0. The maximum absolute atomic E-state index is 5.86. The topological polar surface area (TPSA) is 38.0 Å². The highest BCUT2D eigenvalue weighted by atomic mass is 14.9. The lowest BCUT2D eigenvalue weighted by atomic mass is 9.85. The van der Waals surface area contributed by atoms with Crippen molar-refractivity contribution in [1.29, 1.82) is 0 Å². The molecule has 2 heteroatoms. The minimum atomic E-state index is 0.524. The van der Waals surface area contributed by atoms with E-state index in [1.165, 1.54) is 17.5 Å². The molecule has 0 amide bonds. The van der Waals surface area contributed by atoms with Gasteiger partial charge >= 0.3 is 0 Å². The summed E-state index contributed by atoms with van der Waals surface area (Å²) in [4.78, 5) is 0. The minimum Gasteiger partial charge on any atom is -0.399 e. The Kier molecular flexibility index (Phi) is 4.51. The number of anilines is 1. The highest BCUT2D eigenvalue weighted by Crippen LogP contribution is 2.33. The van der Waals surface area contributed by atoms with Crippen LogP contribution in [-0.4, -0.2) is 6.54 Å². The molecule has 2 rings (SSSR count). The molecule has 0 saturated heterocycles. The molecule has 0 aliphatic heterocycles. The Morgan fingerprint density at radius 2 is 1.89 bits per heavy atom. The van der Waals surface area contributed by atoms with Gasteiger partial charge in [-0.3, -0.25) is 0 Å². The van der Waals surface area contributed by atoms with Crippen LogP contribution in [0.25, 0.3) is 0 Å². The van der Waals surface area contributed by atoms with E-state index in [4.69, 9.17) is 5.73 Å². The number of hydrogen-bond acceptors (Lipinski definition) is 2. The Hall–Kier alpha value is -1.02. The average Bonchev–Trinajstić information content (AvgIpc) is 2.71. The van der Waals surface area contributed by atoms with E-state index >= 15 is 0 Å². The third-order valence-electron chi connectivity index (χ3n) is 4.56. The molecule has 1 aliphatic carbocycles. The molecule has 106 valence electrons. The van der Waals surface area contributed by atoms with E-state index in [2.05, 4.69) is 45.1 Å². The molecule has 1 aromatic rings. The van der Waals surface area contributed by atoms with Crippen LogP contribution in [0.5, 0.6) is 0 Å². The third-order valence-corrected chi connectivity index (χ3v) is 4.56. The fourth-order valence-electron chi connectivity index (χ4n) is 3.37. The summed E-state index contributed by atoms with van der Waals surface area (Å²) in [5.74, 6) is 2.22. The number of nitrogens with one attached hydrogen (secondary N) is 1. The van der Waals surface area contributed by atoms with Crippen LogP contribution in [0.1, 0.15) is 51.3 Å². The number of benzene rings is 1. The van der Waals surface area contributed by atoms with Crippen LogP contribution in [0.2, 0.25) is 0 Å². The van der Waals surface area contributed by atoms with Crippen molar-refractivity contribution in [1.82, 2.24) is 5.32 Å². The second-order valence-corrected chi connectivity index (χ2v) is 6.61. The molecule has 2 nitrogen and oxygen atoms in total. The van der Waals surface area contributed by atoms with Crippen LogP contribution >= 0.6 is 0 Å². The summed E-state index contributed by atoms with van der Waals surface area (Å²) in [5.41, 5.74) is 9.64. The molecule has 1 atom stereocenters. The van der Waals surface area contributed by atoms with Crippen LogP contribution in [0.15, 0.2) is 18.2 Å². The first-order valence-electron chi connectivity index (χ1n) is 7.60. The zero-order valence-corrected chi connectivity index (χ0v) is 12.7. The highest BCUT2D eigenvalue weighted by Gasteiger charge is 2.24. The molecule has 0 aromatic heterocycles. The molecule has 1 aromatic carbocycles. The van der Waals surface area contributed by atoms with Crippen molar-refractivity contribution >= 4 is 5.69 Å². The number of rotatable bonds is 5. The summed E-state index contributed by atoms with van der Waals surface area (Å²) >= 11 is 0. The Bertz CT molecular complexity index is 415. The smallest absolute Gasteiger partial charge is 0.0326 e. The van der Waals surface area contributed by atoms with Gasteiger partial charge in [-0.1, -0.05) is 33.8 Å². The van der Waals surface area contributed by atoms with Crippen LogP contribution < -0.4 is 11.1 Å². The van der Waals surface area contributed by atoms with Gasteiger partial charge in [-0.25, -0.2) is 0 Å². The van der Waals surface area contributed by atoms with Gasteiger partial charge in [-0.2, -0.15) is 0 Å². The Labute approximate surface area is 117 Å². The maximum atomic E-state index is 5.86. The first-order valence-corrected chi connectivity index (χ1v) is 7.60. The monoisotopic (exact) mass is 260 g/mol. The maximum Gasteiger partial charge on any atom is 0.0326 e. The lowest BCUT2D eigenvalue weighted by Gasteiger charge is -2.27.